The number of hydrogen-bond acceptors (Lipinski definition) is 4. The molecular weight excluding hydrogens is 298 g/mol. The van der Waals surface area contributed by atoms with Crippen molar-refractivity contribution >= 4 is 28.3 Å². The van der Waals surface area contributed by atoms with E-state index >= 15 is 0 Å². The fourth-order valence-corrected chi connectivity index (χ4v) is 3.08. The minimum absolute atomic E-state index is 0.321. The van der Waals surface area contributed by atoms with Crippen molar-refractivity contribution in [3.63, 3.8) is 0 Å². The van der Waals surface area contributed by atoms with E-state index in [2.05, 4.69) is 23.3 Å². The Kier molecular flexibility index (Phi) is 4.47. The summed E-state index contributed by atoms with van der Waals surface area (Å²) < 4.78 is 5.57. The zero-order valence-corrected chi connectivity index (χ0v) is 13.2. The van der Waals surface area contributed by atoms with Gasteiger partial charge in [-0.1, -0.05) is 11.6 Å². The van der Waals surface area contributed by atoms with Crippen LogP contribution in [0.5, 0.6) is 0 Å². The van der Waals surface area contributed by atoms with Gasteiger partial charge in [0.1, 0.15) is 5.82 Å². The number of nitrogens with one attached hydrogen (secondary N) is 1. The van der Waals surface area contributed by atoms with Gasteiger partial charge in [-0.25, -0.2) is 4.98 Å². The lowest BCUT2D eigenvalue weighted by Crippen LogP contribution is -2.27. The molecule has 1 aromatic heterocycles. The van der Waals surface area contributed by atoms with E-state index in [1.54, 1.807) is 18.2 Å². The van der Waals surface area contributed by atoms with Crippen molar-refractivity contribution in [2.24, 2.45) is 5.92 Å². The van der Waals surface area contributed by atoms with E-state index in [1.807, 2.05) is 6.07 Å². The number of ether oxygens (including phenoxy) is 1. The molecule has 0 unspecified atom stereocenters. The predicted octanol–water partition coefficient (Wildman–Crippen LogP) is 3.99. The second-order valence-corrected chi connectivity index (χ2v) is 6.22. The SMILES string of the molecule is C[C@H]1C[C@@H](CNc2cc(C#N)c3cc(Cl)ccc3n2)CCO1. The van der Waals surface area contributed by atoms with Crippen molar-refractivity contribution in [2.45, 2.75) is 25.9 Å². The Balaban J connectivity index is 1.79. The Morgan fingerprint density at radius 2 is 2.32 bits per heavy atom. The van der Waals surface area contributed by atoms with E-state index in [0.717, 1.165) is 42.7 Å². The highest BCUT2D eigenvalue weighted by Gasteiger charge is 2.19. The summed E-state index contributed by atoms with van der Waals surface area (Å²) in [6.45, 7) is 3.78. The zero-order valence-electron chi connectivity index (χ0n) is 12.5. The summed E-state index contributed by atoms with van der Waals surface area (Å²) in [4.78, 5) is 4.58. The molecule has 1 aromatic carbocycles. The Morgan fingerprint density at radius 1 is 1.45 bits per heavy atom. The van der Waals surface area contributed by atoms with Gasteiger partial charge in [-0.05, 0) is 49.9 Å². The van der Waals surface area contributed by atoms with Gasteiger partial charge in [0, 0.05) is 23.6 Å². The van der Waals surface area contributed by atoms with E-state index < -0.39 is 0 Å². The highest BCUT2D eigenvalue weighted by Crippen LogP contribution is 2.25. The summed E-state index contributed by atoms with van der Waals surface area (Å²) in [5, 5.41) is 14.1. The van der Waals surface area contributed by atoms with Gasteiger partial charge in [-0.15, -0.1) is 0 Å². The van der Waals surface area contributed by atoms with Crippen LogP contribution in [0.3, 0.4) is 0 Å². The summed E-state index contributed by atoms with van der Waals surface area (Å²) in [6.07, 6.45) is 2.44. The number of nitriles is 1. The van der Waals surface area contributed by atoms with Crippen molar-refractivity contribution in [3.8, 4) is 6.07 Å². The fourth-order valence-electron chi connectivity index (χ4n) is 2.91. The molecule has 1 saturated heterocycles. The van der Waals surface area contributed by atoms with Crippen molar-refractivity contribution in [1.82, 2.24) is 4.98 Å². The Hall–Kier alpha value is -1.83. The fraction of sp³-hybridized carbons (Fsp3) is 0.412. The largest absolute Gasteiger partial charge is 0.378 e. The second kappa shape index (κ2) is 6.51. The van der Waals surface area contributed by atoms with Gasteiger partial charge < -0.3 is 10.1 Å². The molecule has 2 heterocycles. The Morgan fingerprint density at radius 3 is 3.09 bits per heavy atom. The molecule has 3 rings (SSSR count). The number of pyridine rings is 1. The molecular formula is C17H18ClN3O. The first-order chi connectivity index (χ1) is 10.7. The van der Waals surface area contributed by atoms with E-state index in [1.165, 1.54) is 0 Å². The van der Waals surface area contributed by atoms with Crippen LogP contribution in [0, 0.1) is 17.2 Å². The van der Waals surface area contributed by atoms with E-state index in [0.29, 0.717) is 22.6 Å². The molecule has 0 radical (unpaired) electrons. The summed E-state index contributed by atoms with van der Waals surface area (Å²) in [5.41, 5.74) is 1.38. The zero-order chi connectivity index (χ0) is 15.5. The average molecular weight is 316 g/mol. The minimum Gasteiger partial charge on any atom is -0.378 e. The molecule has 0 amide bonds. The third-order valence-corrected chi connectivity index (χ3v) is 4.29. The van der Waals surface area contributed by atoms with Crippen LogP contribution < -0.4 is 5.32 Å². The van der Waals surface area contributed by atoms with E-state index in [-0.39, 0.29) is 0 Å². The molecule has 1 fully saturated rings. The molecule has 5 heteroatoms. The molecule has 114 valence electrons. The predicted molar refractivity (Wildman–Crippen MR) is 88.1 cm³/mol. The van der Waals surface area contributed by atoms with Crippen LogP contribution in [0.1, 0.15) is 25.3 Å². The first-order valence-electron chi connectivity index (χ1n) is 7.51. The summed E-state index contributed by atoms with van der Waals surface area (Å²) >= 11 is 6.00. The second-order valence-electron chi connectivity index (χ2n) is 5.78. The minimum atomic E-state index is 0.321. The van der Waals surface area contributed by atoms with Crippen molar-refractivity contribution < 1.29 is 4.74 Å². The van der Waals surface area contributed by atoms with Crippen LogP contribution in [0.15, 0.2) is 24.3 Å². The van der Waals surface area contributed by atoms with Crippen LogP contribution in [-0.4, -0.2) is 24.2 Å². The molecule has 0 aliphatic carbocycles. The number of benzene rings is 1. The number of nitrogens with zero attached hydrogens (tertiary/aromatic N) is 2. The Bertz CT molecular complexity index is 726. The third kappa shape index (κ3) is 3.32. The lowest BCUT2D eigenvalue weighted by molar-refractivity contribution is 0.00557. The summed E-state index contributed by atoms with van der Waals surface area (Å²) in [7, 11) is 0. The van der Waals surface area contributed by atoms with Gasteiger partial charge in [0.25, 0.3) is 0 Å². The molecule has 1 N–H and O–H groups in total. The van der Waals surface area contributed by atoms with Gasteiger partial charge in [-0.3, -0.25) is 0 Å². The van der Waals surface area contributed by atoms with Gasteiger partial charge in [0.05, 0.1) is 23.3 Å². The lowest BCUT2D eigenvalue weighted by atomic mass is 9.96. The van der Waals surface area contributed by atoms with Crippen LogP contribution in [-0.2, 0) is 4.74 Å². The molecule has 22 heavy (non-hydrogen) atoms. The maximum atomic E-state index is 9.34. The Labute approximate surface area is 135 Å². The molecule has 0 bridgehead atoms. The number of aromatic nitrogens is 1. The number of anilines is 1. The van der Waals surface area contributed by atoms with Crippen LogP contribution in [0.2, 0.25) is 5.02 Å². The van der Waals surface area contributed by atoms with Crippen LogP contribution in [0.25, 0.3) is 10.9 Å². The molecule has 0 spiro atoms. The maximum absolute atomic E-state index is 9.34. The maximum Gasteiger partial charge on any atom is 0.127 e. The van der Waals surface area contributed by atoms with Gasteiger partial charge in [-0.2, -0.15) is 5.26 Å². The smallest absolute Gasteiger partial charge is 0.127 e. The highest BCUT2D eigenvalue weighted by atomic mass is 35.5. The van der Waals surface area contributed by atoms with E-state index in [4.69, 9.17) is 16.3 Å². The average Bonchev–Trinajstić information content (AvgIpc) is 2.52. The van der Waals surface area contributed by atoms with Crippen LogP contribution >= 0.6 is 11.6 Å². The molecule has 0 saturated carbocycles. The van der Waals surface area contributed by atoms with Crippen molar-refractivity contribution in [3.05, 3.63) is 34.9 Å². The monoisotopic (exact) mass is 315 g/mol. The molecule has 2 atom stereocenters. The number of halogens is 1. The van der Waals surface area contributed by atoms with Gasteiger partial charge in [0.15, 0.2) is 0 Å². The quantitative estimate of drug-likeness (QED) is 0.930. The number of rotatable bonds is 3. The highest BCUT2D eigenvalue weighted by molar-refractivity contribution is 6.31. The normalized spacial score (nSPS) is 21.5. The van der Waals surface area contributed by atoms with Crippen LogP contribution in [0.4, 0.5) is 5.82 Å². The molecule has 4 nitrogen and oxygen atoms in total. The first kappa shape index (κ1) is 15.1. The van der Waals surface area contributed by atoms with E-state index in [9.17, 15) is 5.26 Å². The molecule has 1 aliphatic rings. The number of fused-ring (bicyclic) bond motifs is 1. The lowest BCUT2D eigenvalue weighted by Gasteiger charge is -2.27. The molecule has 1 aliphatic heterocycles. The summed E-state index contributed by atoms with van der Waals surface area (Å²) in [5.74, 6) is 1.32. The molecule has 2 aromatic rings. The first-order valence-corrected chi connectivity index (χ1v) is 7.89. The van der Waals surface area contributed by atoms with Gasteiger partial charge in [0.2, 0.25) is 0 Å². The summed E-state index contributed by atoms with van der Waals surface area (Å²) in [6, 6.07) is 9.44. The topological polar surface area (TPSA) is 57.9 Å². The van der Waals surface area contributed by atoms with Crippen molar-refractivity contribution in [2.75, 3.05) is 18.5 Å². The number of hydrogen-bond donors (Lipinski definition) is 1. The third-order valence-electron chi connectivity index (χ3n) is 4.06. The van der Waals surface area contributed by atoms with Crippen molar-refractivity contribution in [1.29, 1.82) is 5.26 Å². The standard InChI is InChI=1S/C17H18ClN3O/c1-11-6-12(4-5-22-11)10-20-17-7-13(9-19)15-8-14(18)2-3-16(15)21-17/h2-3,7-8,11-12H,4-6,10H2,1H3,(H,20,21)/t11-,12-/m0/s1. The van der Waals surface area contributed by atoms with Gasteiger partial charge >= 0.3 is 0 Å².